The Morgan fingerprint density at radius 3 is 2.48 bits per heavy atom. The largest absolute Gasteiger partial charge is 0.507 e. The molecular formula is C24H25N2O4S+. The van der Waals surface area contributed by atoms with Crippen molar-refractivity contribution in [2.75, 3.05) is 19.1 Å². The molecule has 1 atom stereocenters. The fourth-order valence-electron chi connectivity index (χ4n) is 3.95. The molecule has 160 valence electrons. The second kappa shape index (κ2) is 8.23. The Morgan fingerprint density at radius 2 is 1.81 bits per heavy atom. The van der Waals surface area contributed by atoms with Crippen molar-refractivity contribution in [1.82, 2.24) is 0 Å². The monoisotopic (exact) mass is 437 g/mol. The van der Waals surface area contributed by atoms with Gasteiger partial charge in [-0.3, -0.25) is 0 Å². The van der Waals surface area contributed by atoms with Crippen LogP contribution in [0, 0.1) is 12.8 Å². The number of allylic oxidation sites excluding steroid dienone is 1. The number of anilines is 1. The number of hydrogen-bond donors (Lipinski definition) is 0. The molecule has 7 heteroatoms. The van der Waals surface area contributed by atoms with Gasteiger partial charge in [0.15, 0.2) is 22.4 Å². The van der Waals surface area contributed by atoms with Crippen molar-refractivity contribution in [1.29, 1.82) is 0 Å². The van der Waals surface area contributed by atoms with Crippen LogP contribution < -0.4 is 14.4 Å². The first-order valence-electron chi connectivity index (χ1n) is 10.0. The number of nitrogens with zero attached hydrogens (tertiary/aromatic N) is 2. The molecule has 2 aliphatic heterocycles. The molecule has 31 heavy (non-hydrogen) atoms. The third-order valence-corrected chi connectivity index (χ3v) is 6.99. The molecule has 0 bridgehead atoms. The summed E-state index contributed by atoms with van der Waals surface area (Å²) in [5.41, 5.74) is 3.52. The molecule has 4 rings (SSSR count). The first-order chi connectivity index (χ1) is 14.8. The maximum Gasteiger partial charge on any atom is 0.507 e. The minimum absolute atomic E-state index is 0.259. The molecule has 0 saturated heterocycles. The molecule has 0 saturated carbocycles. The minimum Gasteiger partial charge on any atom is -0.497 e. The number of ether oxygens (including phenoxy) is 2. The van der Waals surface area contributed by atoms with Crippen molar-refractivity contribution in [3.8, 4) is 11.5 Å². The highest BCUT2D eigenvalue weighted by Crippen LogP contribution is 2.43. The number of urea groups is 1. The summed E-state index contributed by atoms with van der Waals surface area (Å²) in [5, 5.41) is 0.773. The summed E-state index contributed by atoms with van der Waals surface area (Å²) in [6, 6.07) is 12.8. The quantitative estimate of drug-likeness (QED) is 0.632. The van der Waals surface area contributed by atoms with Gasteiger partial charge in [0.2, 0.25) is 0 Å². The molecule has 3 amide bonds. The van der Waals surface area contributed by atoms with E-state index in [9.17, 15) is 9.59 Å². The normalized spacial score (nSPS) is 18.6. The zero-order valence-electron chi connectivity index (χ0n) is 18.3. The van der Waals surface area contributed by atoms with Gasteiger partial charge in [-0.15, -0.1) is 4.90 Å². The first-order valence-corrected chi connectivity index (χ1v) is 10.8. The summed E-state index contributed by atoms with van der Waals surface area (Å²) in [6.07, 6.45) is 0. The maximum atomic E-state index is 13.7. The summed E-state index contributed by atoms with van der Waals surface area (Å²) in [4.78, 5) is 29.6. The van der Waals surface area contributed by atoms with Gasteiger partial charge in [0, 0.05) is 6.07 Å². The molecular weight excluding hydrogens is 412 g/mol. The Hall–Kier alpha value is -3.06. The Balaban J connectivity index is 1.85. The van der Waals surface area contributed by atoms with Crippen molar-refractivity contribution < 1.29 is 23.6 Å². The molecule has 0 aromatic heterocycles. The van der Waals surface area contributed by atoms with E-state index in [0.29, 0.717) is 23.7 Å². The van der Waals surface area contributed by atoms with E-state index in [1.54, 1.807) is 29.9 Å². The lowest BCUT2D eigenvalue weighted by molar-refractivity contribution is -0.443. The van der Waals surface area contributed by atoms with E-state index in [1.807, 2.05) is 39.0 Å². The van der Waals surface area contributed by atoms with Gasteiger partial charge in [0.05, 0.1) is 14.2 Å². The van der Waals surface area contributed by atoms with Crippen LogP contribution in [0.2, 0.25) is 0 Å². The topological polar surface area (TPSA) is 58.8 Å². The van der Waals surface area contributed by atoms with Crippen LogP contribution in [0.15, 0.2) is 52.9 Å². The van der Waals surface area contributed by atoms with Gasteiger partial charge < -0.3 is 9.47 Å². The van der Waals surface area contributed by atoms with Gasteiger partial charge in [-0.05, 0) is 48.9 Å². The molecule has 0 aliphatic carbocycles. The van der Waals surface area contributed by atoms with Crippen molar-refractivity contribution >= 4 is 34.4 Å². The number of thioether (sulfide) groups is 1. The molecule has 0 spiro atoms. The smallest absolute Gasteiger partial charge is 0.497 e. The predicted octanol–water partition coefficient (Wildman–Crippen LogP) is 4.75. The Bertz CT molecular complexity index is 1150. The van der Waals surface area contributed by atoms with E-state index < -0.39 is 5.92 Å². The summed E-state index contributed by atoms with van der Waals surface area (Å²) in [6.45, 7) is 6.37. The lowest BCUT2D eigenvalue weighted by atomic mass is 9.97. The summed E-state index contributed by atoms with van der Waals surface area (Å²) >= 11 is 1.51. The molecule has 0 radical (unpaired) electrons. The van der Waals surface area contributed by atoms with Crippen LogP contribution in [0.1, 0.15) is 25.0 Å². The number of amides is 3. The first kappa shape index (κ1) is 21.2. The van der Waals surface area contributed by atoms with Crippen LogP contribution in [-0.2, 0) is 11.3 Å². The average molecular weight is 438 g/mol. The van der Waals surface area contributed by atoms with E-state index in [1.165, 1.54) is 23.8 Å². The van der Waals surface area contributed by atoms with E-state index >= 15 is 0 Å². The summed E-state index contributed by atoms with van der Waals surface area (Å²) in [5.74, 6) is 0.263. The number of hydrogen-bond acceptors (Lipinski definition) is 5. The van der Waals surface area contributed by atoms with E-state index in [4.69, 9.17) is 9.47 Å². The molecule has 0 N–H and O–H groups in total. The van der Waals surface area contributed by atoms with Gasteiger partial charge in [0.25, 0.3) is 0 Å². The fourth-order valence-corrected chi connectivity index (χ4v) is 5.20. The van der Waals surface area contributed by atoms with Crippen molar-refractivity contribution in [3.05, 3.63) is 64.1 Å². The summed E-state index contributed by atoms with van der Waals surface area (Å²) < 4.78 is 12.5. The van der Waals surface area contributed by atoms with Crippen LogP contribution in [0.4, 0.5) is 10.5 Å². The Morgan fingerprint density at radius 1 is 1.03 bits per heavy atom. The third kappa shape index (κ3) is 3.63. The second-order valence-corrected chi connectivity index (χ2v) is 8.92. The van der Waals surface area contributed by atoms with Gasteiger partial charge in [-0.2, -0.15) is 9.37 Å². The van der Waals surface area contributed by atoms with E-state index in [0.717, 1.165) is 26.6 Å². The second-order valence-electron chi connectivity index (χ2n) is 7.68. The number of aryl methyl sites for hydroxylation is 1. The standard InChI is InChI=1S/C24H25N2O4S/c1-14-7-6-8-17(11-14)13-25-23-21(15(2)16(3)31-23)22(27)26(24(25)28)19-10-9-18(29-4)12-20(19)30-5/h6-12,21H,13H2,1-5H3/q+1. The number of fused-ring (bicyclic) bond motifs is 1. The van der Waals surface area contributed by atoms with Gasteiger partial charge >= 0.3 is 11.9 Å². The third-order valence-electron chi connectivity index (χ3n) is 5.70. The van der Waals surface area contributed by atoms with E-state index in [2.05, 4.69) is 6.07 Å². The lowest BCUT2D eigenvalue weighted by Crippen LogP contribution is -2.53. The molecule has 2 aromatic rings. The predicted molar refractivity (Wildman–Crippen MR) is 122 cm³/mol. The Labute approximate surface area is 186 Å². The zero-order valence-corrected chi connectivity index (χ0v) is 19.1. The zero-order chi connectivity index (χ0) is 22.3. The highest BCUT2D eigenvalue weighted by atomic mass is 32.2. The van der Waals surface area contributed by atoms with Crippen molar-refractivity contribution in [3.63, 3.8) is 0 Å². The number of imide groups is 1. The van der Waals surface area contributed by atoms with Crippen molar-refractivity contribution in [2.24, 2.45) is 5.92 Å². The minimum atomic E-state index is -0.473. The van der Waals surface area contributed by atoms with Crippen LogP contribution in [0.25, 0.3) is 0 Å². The van der Waals surface area contributed by atoms with Crippen LogP contribution in [-0.4, -0.2) is 35.8 Å². The maximum absolute atomic E-state index is 13.7. The molecule has 1 unspecified atom stereocenters. The van der Waals surface area contributed by atoms with Gasteiger partial charge in [-0.1, -0.05) is 41.6 Å². The molecule has 0 fully saturated rings. The molecule has 2 aromatic carbocycles. The fraction of sp³-hybridized carbons (Fsp3) is 0.292. The van der Waals surface area contributed by atoms with Gasteiger partial charge in [0.1, 0.15) is 12.3 Å². The SMILES string of the molecule is COc1ccc(N2C(=O)C3C(C)=C(C)SC3=[N+](Cc3cccc(C)c3)C2=O)c(OC)c1. The lowest BCUT2D eigenvalue weighted by Gasteiger charge is -2.26. The number of rotatable bonds is 5. The van der Waals surface area contributed by atoms with Crippen molar-refractivity contribution in [2.45, 2.75) is 27.3 Å². The molecule has 2 heterocycles. The number of benzene rings is 2. The number of carbonyl (C=O) groups excluding carboxylic acids is 2. The molecule has 2 aliphatic rings. The summed E-state index contributed by atoms with van der Waals surface area (Å²) in [7, 11) is 3.07. The van der Waals surface area contributed by atoms with E-state index in [-0.39, 0.29) is 11.9 Å². The average Bonchev–Trinajstić information content (AvgIpc) is 3.06. The van der Waals surface area contributed by atoms with Crippen LogP contribution >= 0.6 is 11.8 Å². The van der Waals surface area contributed by atoms with Gasteiger partial charge in [-0.25, -0.2) is 4.79 Å². The highest BCUT2D eigenvalue weighted by molar-refractivity contribution is 8.17. The number of carbonyl (C=O) groups is 2. The number of methoxy groups -OCH3 is 2. The Kier molecular flexibility index (Phi) is 5.62. The highest BCUT2D eigenvalue weighted by Gasteiger charge is 2.53. The van der Waals surface area contributed by atoms with Crippen LogP contribution in [0.3, 0.4) is 0 Å². The molecule has 6 nitrogen and oxygen atoms in total. The van der Waals surface area contributed by atoms with Crippen LogP contribution in [0.5, 0.6) is 11.5 Å².